The van der Waals surface area contributed by atoms with Crippen LogP contribution in [0, 0.1) is 6.92 Å². The van der Waals surface area contributed by atoms with Crippen molar-refractivity contribution in [1.82, 2.24) is 4.98 Å². The molecule has 1 aliphatic carbocycles. The average Bonchev–Trinajstić information content (AvgIpc) is 2.88. The molecule has 1 aromatic rings. The molecule has 0 radical (unpaired) electrons. The van der Waals surface area contributed by atoms with Crippen molar-refractivity contribution in [3.05, 3.63) is 23.4 Å². The van der Waals surface area contributed by atoms with Crippen molar-refractivity contribution in [3.8, 4) is 0 Å². The van der Waals surface area contributed by atoms with Crippen molar-refractivity contribution in [2.45, 2.75) is 38.6 Å². The zero-order chi connectivity index (χ0) is 14.7. The first-order chi connectivity index (χ1) is 9.50. The highest BCUT2D eigenvalue weighted by atomic mass is 16.4. The van der Waals surface area contributed by atoms with Gasteiger partial charge >= 0.3 is 5.97 Å². The van der Waals surface area contributed by atoms with Gasteiger partial charge in [-0.3, -0.25) is 9.59 Å². The molecule has 3 N–H and O–H groups in total. The van der Waals surface area contributed by atoms with Gasteiger partial charge in [-0.05, 0) is 31.4 Å². The van der Waals surface area contributed by atoms with Gasteiger partial charge in [0.15, 0.2) is 0 Å². The molecule has 6 nitrogen and oxygen atoms in total. The van der Waals surface area contributed by atoms with Crippen LogP contribution in [0.1, 0.15) is 41.6 Å². The molecule has 108 valence electrons. The largest absolute Gasteiger partial charge is 0.480 e. The highest BCUT2D eigenvalue weighted by Gasteiger charge is 2.28. The Hall–Kier alpha value is -2.11. The first-order valence-electron chi connectivity index (χ1n) is 6.74. The predicted molar refractivity (Wildman–Crippen MR) is 74.7 cm³/mol. The minimum absolute atomic E-state index is 0.110. The summed E-state index contributed by atoms with van der Waals surface area (Å²) in [7, 11) is 0. The molecule has 2 rings (SSSR count). The van der Waals surface area contributed by atoms with E-state index in [9.17, 15) is 9.59 Å². The van der Waals surface area contributed by atoms with Crippen molar-refractivity contribution >= 4 is 17.7 Å². The molecule has 0 saturated heterocycles. The topological polar surface area (TPSA) is 96.5 Å². The van der Waals surface area contributed by atoms with Crippen molar-refractivity contribution in [3.63, 3.8) is 0 Å². The summed E-state index contributed by atoms with van der Waals surface area (Å²) in [6, 6.07) is 1.82. The Morgan fingerprint density at radius 2 is 2.10 bits per heavy atom. The van der Waals surface area contributed by atoms with E-state index < -0.39 is 11.9 Å². The van der Waals surface area contributed by atoms with E-state index in [0.29, 0.717) is 11.4 Å². The molecule has 0 bridgehead atoms. The zero-order valence-electron chi connectivity index (χ0n) is 11.5. The van der Waals surface area contributed by atoms with Gasteiger partial charge in [0.05, 0.1) is 5.56 Å². The quantitative estimate of drug-likeness (QED) is 0.846. The molecular weight excluding hydrogens is 258 g/mol. The summed E-state index contributed by atoms with van der Waals surface area (Å²) in [5, 5.41) is 9.12. The molecule has 1 heterocycles. The third kappa shape index (κ3) is 2.89. The lowest BCUT2D eigenvalue weighted by Crippen LogP contribution is -2.39. The third-order valence-electron chi connectivity index (χ3n) is 3.73. The number of rotatable bonds is 5. The molecule has 1 aliphatic rings. The summed E-state index contributed by atoms with van der Waals surface area (Å²) in [6.07, 6.45) is 5.56. The number of hydrogen-bond acceptors (Lipinski definition) is 4. The highest BCUT2D eigenvalue weighted by Crippen LogP contribution is 2.29. The van der Waals surface area contributed by atoms with Gasteiger partial charge < -0.3 is 15.7 Å². The minimum atomic E-state index is -0.935. The second-order valence-corrected chi connectivity index (χ2v) is 5.15. The maximum absolute atomic E-state index is 11.7. The lowest BCUT2D eigenvalue weighted by Gasteiger charge is -2.30. The Balaban J connectivity index is 2.44. The minimum Gasteiger partial charge on any atom is -0.480 e. The summed E-state index contributed by atoms with van der Waals surface area (Å²) in [5.41, 5.74) is 6.47. The van der Waals surface area contributed by atoms with Gasteiger partial charge in [0.25, 0.3) is 5.91 Å². The summed E-state index contributed by atoms with van der Waals surface area (Å²) in [6.45, 7) is 1.61. The first kappa shape index (κ1) is 14.3. The number of anilines is 1. The predicted octanol–water partition coefficient (Wildman–Crippen LogP) is 1.32. The monoisotopic (exact) mass is 277 g/mol. The van der Waals surface area contributed by atoms with E-state index in [4.69, 9.17) is 10.8 Å². The maximum Gasteiger partial charge on any atom is 0.323 e. The molecule has 1 amide bonds. The third-order valence-corrected chi connectivity index (χ3v) is 3.73. The van der Waals surface area contributed by atoms with E-state index >= 15 is 0 Å². The van der Waals surface area contributed by atoms with Gasteiger partial charge in [-0.15, -0.1) is 0 Å². The van der Waals surface area contributed by atoms with E-state index in [1.54, 1.807) is 24.1 Å². The molecule has 0 atom stereocenters. The van der Waals surface area contributed by atoms with Gasteiger partial charge in [0, 0.05) is 12.2 Å². The second-order valence-electron chi connectivity index (χ2n) is 5.15. The van der Waals surface area contributed by atoms with Crippen LogP contribution in [-0.4, -0.2) is 34.6 Å². The Kier molecular flexibility index (Phi) is 4.22. The number of amides is 1. The second kappa shape index (κ2) is 5.90. The van der Waals surface area contributed by atoms with Crippen LogP contribution in [0.4, 0.5) is 5.82 Å². The highest BCUT2D eigenvalue weighted by molar-refractivity contribution is 5.99. The SMILES string of the molecule is Cc1ccnc(N(CC(=O)O)C2CCCC2)c1C(N)=O. The first-order valence-corrected chi connectivity index (χ1v) is 6.74. The Bertz CT molecular complexity index is 524. The van der Waals surface area contributed by atoms with E-state index in [2.05, 4.69) is 4.98 Å². The zero-order valence-corrected chi connectivity index (χ0v) is 11.5. The van der Waals surface area contributed by atoms with Gasteiger partial charge in [-0.1, -0.05) is 12.8 Å². The van der Waals surface area contributed by atoms with E-state index in [0.717, 1.165) is 31.2 Å². The molecule has 1 saturated carbocycles. The number of carbonyl (C=O) groups is 2. The van der Waals surface area contributed by atoms with Gasteiger partial charge in [0.2, 0.25) is 0 Å². The number of carboxylic acid groups (broad SMARTS) is 1. The number of nitrogens with zero attached hydrogens (tertiary/aromatic N) is 2. The molecule has 0 spiro atoms. The number of aryl methyl sites for hydroxylation is 1. The normalized spacial score (nSPS) is 15.2. The molecular formula is C14H19N3O3. The van der Waals surface area contributed by atoms with Crippen LogP contribution in [0.15, 0.2) is 12.3 Å². The Morgan fingerprint density at radius 1 is 1.45 bits per heavy atom. The number of hydrogen-bond donors (Lipinski definition) is 2. The molecule has 0 aliphatic heterocycles. The van der Waals surface area contributed by atoms with Crippen LogP contribution in [0.25, 0.3) is 0 Å². The van der Waals surface area contributed by atoms with Gasteiger partial charge in [0.1, 0.15) is 12.4 Å². The van der Waals surface area contributed by atoms with Crippen LogP contribution >= 0.6 is 0 Å². The number of pyridine rings is 1. The van der Waals surface area contributed by atoms with Crippen LogP contribution in [-0.2, 0) is 4.79 Å². The van der Waals surface area contributed by atoms with Crippen LogP contribution in [0.2, 0.25) is 0 Å². The summed E-state index contributed by atoms with van der Waals surface area (Å²) >= 11 is 0. The van der Waals surface area contributed by atoms with Crippen molar-refractivity contribution in [2.75, 3.05) is 11.4 Å². The molecule has 0 unspecified atom stereocenters. The van der Waals surface area contributed by atoms with E-state index in [1.807, 2.05) is 0 Å². The van der Waals surface area contributed by atoms with Gasteiger partial charge in [-0.25, -0.2) is 4.98 Å². The molecule has 20 heavy (non-hydrogen) atoms. The van der Waals surface area contributed by atoms with Crippen LogP contribution < -0.4 is 10.6 Å². The van der Waals surface area contributed by atoms with Gasteiger partial charge in [-0.2, -0.15) is 0 Å². The maximum atomic E-state index is 11.7. The Morgan fingerprint density at radius 3 is 2.65 bits per heavy atom. The van der Waals surface area contributed by atoms with E-state index in [-0.39, 0.29) is 12.6 Å². The van der Waals surface area contributed by atoms with E-state index in [1.165, 1.54) is 0 Å². The standard InChI is InChI=1S/C14H19N3O3/c1-9-6-7-16-14(12(9)13(15)20)17(8-11(18)19)10-4-2-3-5-10/h6-7,10H,2-5,8H2,1H3,(H2,15,20)(H,18,19). The summed E-state index contributed by atoms with van der Waals surface area (Å²) < 4.78 is 0. The fourth-order valence-corrected chi connectivity index (χ4v) is 2.80. The smallest absolute Gasteiger partial charge is 0.323 e. The number of aliphatic carboxylic acids is 1. The van der Waals surface area contributed by atoms with Crippen LogP contribution in [0.5, 0.6) is 0 Å². The number of carbonyl (C=O) groups excluding carboxylic acids is 1. The number of carboxylic acids is 1. The average molecular weight is 277 g/mol. The fraction of sp³-hybridized carbons (Fsp3) is 0.500. The number of primary amides is 1. The van der Waals surface area contributed by atoms with Crippen molar-refractivity contribution < 1.29 is 14.7 Å². The number of aromatic nitrogens is 1. The number of nitrogens with two attached hydrogens (primary N) is 1. The lowest BCUT2D eigenvalue weighted by molar-refractivity contribution is -0.135. The molecule has 6 heteroatoms. The van der Waals surface area contributed by atoms with Crippen LogP contribution in [0.3, 0.4) is 0 Å². The molecule has 0 aromatic carbocycles. The fourth-order valence-electron chi connectivity index (χ4n) is 2.80. The lowest BCUT2D eigenvalue weighted by atomic mass is 10.1. The molecule has 1 aromatic heterocycles. The van der Waals surface area contributed by atoms with Crippen molar-refractivity contribution in [1.29, 1.82) is 0 Å². The summed E-state index contributed by atoms with van der Waals surface area (Å²) in [5.74, 6) is -1.11. The molecule has 1 fully saturated rings. The van der Waals surface area contributed by atoms with Crippen molar-refractivity contribution in [2.24, 2.45) is 5.73 Å². The summed E-state index contributed by atoms with van der Waals surface area (Å²) in [4.78, 5) is 28.7. The Labute approximate surface area is 117 Å².